The maximum atomic E-state index is 14.1. The van der Waals surface area contributed by atoms with E-state index in [0.717, 1.165) is 48.9 Å². The molecular weight excluding hydrogens is 283 g/mol. The molecule has 118 valence electrons. The van der Waals surface area contributed by atoms with E-state index in [2.05, 4.69) is 9.88 Å². The second-order valence-corrected chi connectivity index (χ2v) is 6.02. The molecule has 0 spiro atoms. The Morgan fingerprint density at radius 3 is 2.86 bits per heavy atom. The Morgan fingerprint density at radius 2 is 2.14 bits per heavy atom. The fraction of sp³-hybridized carbons (Fsp3) is 0.471. The highest BCUT2D eigenvalue weighted by molar-refractivity contribution is 5.84. The Morgan fingerprint density at radius 1 is 1.36 bits per heavy atom. The van der Waals surface area contributed by atoms with Crippen LogP contribution in [0.5, 0.6) is 0 Å². The number of fused-ring (bicyclic) bond motifs is 1. The first-order chi connectivity index (χ1) is 10.6. The Labute approximate surface area is 128 Å². The van der Waals surface area contributed by atoms with Crippen LogP contribution in [-0.2, 0) is 4.79 Å². The summed E-state index contributed by atoms with van der Waals surface area (Å²) < 4.78 is 14.1. The van der Waals surface area contributed by atoms with Crippen LogP contribution in [0.3, 0.4) is 0 Å². The minimum absolute atomic E-state index is 0.155. The number of rotatable bonds is 5. The monoisotopic (exact) mass is 304 g/mol. The van der Waals surface area contributed by atoms with Crippen LogP contribution in [0.4, 0.5) is 4.39 Å². The molecule has 2 aromatic rings. The molecule has 1 aliphatic heterocycles. The highest BCUT2D eigenvalue weighted by Crippen LogP contribution is 2.34. The highest BCUT2D eigenvalue weighted by atomic mass is 19.1. The van der Waals surface area contributed by atoms with E-state index in [1.54, 1.807) is 6.07 Å². The van der Waals surface area contributed by atoms with Gasteiger partial charge in [0, 0.05) is 23.5 Å². The van der Waals surface area contributed by atoms with Crippen molar-refractivity contribution in [3.63, 3.8) is 0 Å². The van der Waals surface area contributed by atoms with E-state index in [0.29, 0.717) is 12.3 Å². The number of benzene rings is 1. The molecule has 4 nitrogen and oxygen atoms in total. The highest BCUT2D eigenvalue weighted by Gasteiger charge is 2.23. The summed E-state index contributed by atoms with van der Waals surface area (Å²) in [5.74, 6) is -0.511. The van der Waals surface area contributed by atoms with E-state index in [9.17, 15) is 9.18 Å². The largest absolute Gasteiger partial charge is 0.481 e. The van der Waals surface area contributed by atoms with Gasteiger partial charge in [0.1, 0.15) is 5.82 Å². The number of hydrogen-bond acceptors (Lipinski definition) is 2. The zero-order valence-electron chi connectivity index (χ0n) is 12.5. The van der Waals surface area contributed by atoms with Gasteiger partial charge < -0.3 is 15.0 Å². The second-order valence-electron chi connectivity index (χ2n) is 6.02. The number of nitrogens with one attached hydrogen (secondary N) is 1. The summed E-state index contributed by atoms with van der Waals surface area (Å²) >= 11 is 0. The first kappa shape index (κ1) is 15.0. The molecule has 0 aliphatic carbocycles. The lowest BCUT2D eigenvalue weighted by Crippen LogP contribution is -2.33. The van der Waals surface area contributed by atoms with Crippen LogP contribution in [0.25, 0.3) is 10.9 Å². The van der Waals surface area contributed by atoms with Gasteiger partial charge in [-0.05, 0) is 62.5 Å². The molecule has 1 aromatic carbocycles. The van der Waals surface area contributed by atoms with Gasteiger partial charge in [0.25, 0.3) is 0 Å². The van der Waals surface area contributed by atoms with Crippen LogP contribution in [-0.4, -0.2) is 40.6 Å². The number of piperidine rings is 1. The number of likely N-dealkylation sites (tertiary alicyclic amines) is 1. The summed E-state index contributed by atoms with van der Waals surface area (Å²) in [6.07, 6.45) is 4.86. The average Bonchev–Trinajstić information content (AvgIpc) is 2.93. The van der Waals surface area contributed by atoms with E-state index < -0.39 is 5.97 Å². The second kappa shape index (κ2) is 6.48. The van der Waals surface area contributed by atoms with Gasteiger partial charge in [-0.3, -0.25) is 4.79 Å². The summed E-state index contributed by atoms with van der Waals surface area (Å²) in [4.78, 5) is 16.0. The Kier molecular flexibility index (Phi) is 4.43. The molecule has 1 fully saturated rings. The first-order valence-electron chi connectivity index (χ1n) is 7.85. The van der Waals surface area contributed by atoms with Crippen molar-refractivity contribution in [1.82, 2.24) is 9.88 Å². The molecule has 3 rings (SSSR count). The van der Waals surface area contributed by atoms with Gasteiger partial charge in [-0.15, -0.1) is 0 Å². The van der Waals surface area contributed by atoms with Gasteiger partial charge >= 0.3 is 5.97 Å². The molecule has 0 radical (unpaired) electrons. The van der Waals surface area contributed by atoms with Crippen molar-refractivity contribution in [2.75, 3.05) is 19.6 Å². The van der Waals surface area contributed by atoms with Crippen LogP contribution in [0, 0.1) is 5.82 Å². The number of aromatic amines is 1. The molecule has 0 amide bonds. The lowest BCUT2D eigenvalue weighted by Gasteiger charge is -2.31. The van der Waals surface area contributed by atoms with Gasteiger partial charge in [-0.1, -0.05) is 6.07 Å². The lowest BCUT2D eigenvalue weighted by molar-refractivity contribution is -0.137. The van der Waals surface area contributed by atoms with Crippen LogP contribution < -0.4 is 0 Å². The molecule has 0 unspecified atom stereocenters. The SMILES string of the molecule is O=C(O)CCCN1CCC(c2c[nH]c3cccc(F)c23)CC1. The molecule has 0 atom stereocenters. The topological polar surface area (TPSA) is 56.3 Å². The van der Waals surface area contributed by atoms with Crippen LogP contribution in [0.2, 0.25) is 0 Å². The number of halogens is 1. The number of carboxylic acid groups (broad SMARTS) is 1. The smallest absolute Gasteiger partial charge is 0.303 e. The predicted octanol–water partition coefficient (Wildman–Crippen LogP) is 3.35. The minimum Gasteiger partial charge on any atom is -0.481 e. The third kappa shape index (κ3) is 3.14. The zero-order chi connectivity index (χ0) is 15.5. The summed E-state index contributed by atoms with van der Waals surface area (Å²) in [5, 5.41) is 9.41. The number of hydrogen-bond donors (Lipinski definition) is 2. The number of aliphatic carboxylic acids is 1. The summed E-state index contributed by atoms with van der Waals surface area (Å²) in [6, 6.07) is 5.15. The average molecular weight is 304 g/mol. The molecule has 2 N–H and O–H groups in total. The van der Waals surface area contributed by atoms with Crippen molar-refractivity contribution in [2.45, 2.75) is 31.6 Å². The molecule has 1 aliphatic rings. The molecule has 1 aromatic heterocycles. The molecule has 1 saturated heterocycles. The first-order valence-corrected chi connectivity index (χ1v) is 7.85. The van der Waals surface area contributed by atoms with E-state index in [1.165, 1.54) is 6.07 Å². The van der Waals surface area contributed by atoms with Crippen molar-refractivity contribution < 1.29 is 14.3 Å². The third-order valence-electron chi connectivity index (χ3n) is 4.58. The standard InChI is InChI=1S/C17H21FN2O2/c18-14-3-1-4-15-17(14)13(11-19-15)12-6-9-20(10-7-12)8-2-5-16(21)22/h1,3-4,11-12,19H,2,5-10H2,(H,21,22). The van der Waals surface area contributed by atoms with Crippen LogP contribution in [0.15, 0.2) is 24.4 Å². The van der Waals surface area contributed by atoms with E-state index in [1.807, 2.05) is 12.3 Å². The number of nitrogens with zero attached hydrogens (tertiary/aromatic N) is 1. The minimum atomic E-state index is -0.732. The Bertz CT molecular complexity index is 660. The number of carbonyl (C=O) groups is 1. The molecule has 0 saturated carbocycles. The van der Waals surface area contributed by atoms with E-state index >= 15 is 0 Å². The van der Waals surface area contributed by atoms with Crippen molar-refractivity contribution in [2.24, 2.45) is 0 Å². The van der Waals surface area contributed by atoms with Crippen LogP contribution in [0.1, 0.15) is 37.2 Å². The lowest BCUT2D eigenvalue weighted by atomic mass is 9.89. The van der Waals surface area contributed by atoms with Crippen molar-refractivity contribution in [1.29, 1.82) is 0 Å². The quantitative estimate of drug-likeness (QED) is 0.890. The van der Waals surface area contributed by atoms with Gasteiger partial charge in [0.05, 0.1) is 0 Å². The molecule has 0 bridgehead atoms. The van der Waals surface area contributed by atoms with Crippen LogP contribution >= 0.6 is 0 Å². The van der Waals surface area contributed by atoms with E-state index in [4.69, 9.17) is 5.11 Å². The molecular formula is C17H21FN2O2. The summed E-state index contributed by atoms with van der Waals surface area (Å²) in [5.41, 5.74) is 1.94. The van der Waals surface area contributed by atoms with Gasteiger partial charge in [-0.2, -0.15) is 0 Å². The number of carboxylic acids is 1. The number of aromatic nitrogens is 1. The molecule has 5 heteroatoms. The predicted molar refractivity (Wildman–Crippen MR) is 83.5 cm³/mol. The number of H-pyrrole nitrogens is 1. The van der Waals surface area contributed by atoms with Gasteiger partial charge in [0.15, 0.2) is 0 Å². The maximum Gasteiger partial charge on any atom is 0.303 e. The third-order valence-corrected chi connectivity index (χ3v) is 4.58. The maximum absolute atomic E-state index is 14.1. The zero-order valence-corrected chi connectivity index (χ0v) is 12.5. The summed E-state index contributed by atoms with van der Waals surface area (Å²) in [6.45, 7) is 2.73. The van der Waals surface area contributed by atoms with Gasteiger partial charge in [0.2, 0.25) is 0 Å². The Balaban J connectivity index is 1.62. The normalized spacial score (nSPS) is 17.1. The fourth-order valence-corrected chi connectivity index (χ4v) is 3.41. The van der Waals surface area contributed by atoms with Gasteiger partial charge in [-0.25, -0.2) is 4.39 Å². The molecule has 2 heterocycles. The summed E-state index contributed by atoms with van der Waals surface area (Å²) in [7, 11) is 0. The van der Waals surface area contributed by atoms with Crippen molar-refractivity contribution in [3.05, 3.63) is 35.8 Å². The van der Waals surface area contributed by atoms with Crippen molar-refractivity contribution >= 4 is 16.9 Å². The molecule has 22 heavy (non-hydrogen) atoms. The van der Waals surface area contributed by atoms with E-state index in [-0.39, 0.29) is 12.2 Å². The Hall–Kier alpha value is -1.88. The fourth-order valence-electron chi connectivity index (χ4n) is 3.41. The van der Waals surface area contributed by atoms with Crippen molar-refractivity contribution in [3.8, 4) is 0 Å².